The van der Waals surface area contributed by atoms with Crippen LogP contribution < -0.4 is 0 Å². The van der Waals surface area contributed by atoms with E-state index in [1.54, 1.807) is 18.3 Å². The first kappa shape index (κ1) is 14.1. The maximum Gasteiger partial charge on any atom is 0.123 e. The highest BCUT2D eigenvalue weighted by atomic mass is 32.2. The highest BCUT2D eigenvalue weighted by molar-refractivity contribution is 7.99. The lowest BCUT2D eigenvalue weighted by atomic mass is 10.2. The molecule has 2 rings (SSSR count). The van der Waals surface area contributed by atoms with Crippen molar-refractivity contribution in [2.75, 3.05) is 5.75 Å². The lowest BCUT2D eigenvalue weighted by Gasteiger charge is -2.10. The number of hydrogen-bond acceptors (Lipinski definition) is 3. The number of aryl methyl sites for hydroxylation is 2. The molecule has 0 spiro atoms. The van der Waals surface area contributed by atoms with Gasteiger partial charge in [0, 0.05) is 29.6 Å². The van der Waals surface area contributed by atoms with Crippen molar-refractivity contribution in [2.45, 2.75) is 23.8 Å². The molecule has 102 valence electrons. The maximum absolute atomic E-state index is 12.7. The number of rotatable bonds is 6. The van der Waals surface area contributed by atoms with Gasteiger partial charge in [-0.25, -0.2) is 4.39 Å². The van der Waals surface area contributed by atoms with Crippen LogP contribution in [-0.2, 0) is 13.5 Å². The first-order valence-electron chi connectivity index (χ1n) is 6.18. The summed E-state index contributed by atoms with van der Waals surface area (Å²) >= 11 is 1.54. The Bertz CT molecular complexity index is 512. The second-order valence-electron chi connectivity index (χ2n) is 4.40. The van der Waals surface area contributed by atoms with Gasteiger partial charge in [-0.2, -0.15) is 5.10 Å². The van der Waals surface area contributed by atoms with Crippen molar-refractivity contribution in [1.29, 1.82) is 0 Å². The van der Waals surface area contributed by atoms with Gasteiger partial charge >= 0.3 is 0 Å². The second kappa shape index (κ2) is 6.73. The summed E-state index contributed by atoms with van der Waals surface area (Å²) in [4.78, 5) is 0.973. The fourth-order valence-corrected chi connectivity index (χ4v) is 2.65. The zero-order valence-electron chi connectivity index (χ0n) is 10.8. The average molecular weight is 280 g/mol. The van der Waals surface area contributed by atoms with Gasteiger partial charge in [-0.15, -0.1) is 11.8 Å². The summed E-state index contributed by atoms with van der Waals surface area (Å²) in [5, 5.41) is 14.0. The van der Waals surface area contributed by atoms with Gasteiger partial charge in [0.25, 0.3) is 0 Å². The third-order valence-electron chi connectivity index (χ3n) is 2.91. The quantitative estimate of drug-likeness (QED) is 0.827. The van der Waals surface area contributed by atoms with E-state index in [-0.39, 0.29) is 11.9 Å². The van der Waals surface area contributed by atoms with E-state index < -0.39 is 0 Å². The molecule has 0 aliphatic heterocycles. The van der Waals surface area contributed by atoms with E-state index in [2.05, 4.69) is 5.10 Å². The number of aromatic nitrogens is 2. The lowest BCUT2D eigenvalue weighted by molar-refractivity contribution is 0.188. The molecule has 0 amide bonds. The van der Waals surface area contributed by atoms with Gasteiger partial charge in [0.05, 0.1) is 6.10 Å². The second-order valence-corrected chi connectivity index (χ2v) is 5.50. The predicted molar refractivity (Wildman–Crippen MR) is 74.7 cm³/mol. The van der Waals surface area contributed by atoms with E-state index in [4.69, 9.17) is 0 Å². The van der Waals surface area contributed by atoms with E-state index >= 15 is 0 Å². The molecule has 1 aromatic carbocycles. The monoisotopic (exact) mass is 280 g/mol. The van der Waals surface area contributed by atoms with Crippen LogP contribution in [-0.4, -0.2) is 26.7 Å². The summed E-state index contributed by atoms with van der Waals surface area (Å²) < 4.78 is 14.6. The molecule has 0 aliphatic carbocycles. The van der Waals surface area contributed by atoms with Crippen molar-refractivity contribution >= 4 is 11.8 Å². The van der Waals surface area contributed by atoms with Gasteiger partial charge < -0.3 is 5.11 Å². The molecule has 5 heteroatoms. The van der Waals surface area contributed by atoms with Crippen LogP contribution >= 0.6 is 11.8 Å². The minimum Gasteiger partial charge on any atom is -0.392 e. The van der Waals surface area contributed by atoms with E-state index in [0.717, 1.165) is 17.0 Å². The van der Waals surface area contributed by atoms with Crippen molar-refractivity contribution in [2.24, 2.45) is 7.05 Å². The molecule has 0 bridgehead atoms. The van der Waals surface area contributed by atoms with Crippen molar-refractivity contribution in [3.63, 3.8) is 0 Å². The van der Waals surface area contributed by atoms with Gasteiger partial charge in [-0.05, 0) is 43.2 Å². The molecule has 0 radical (unpaired) electrons. The molecule has 0 fully saturated rings. The Kier molecular flexibility index (Phi) is 4.99. The molecule has 1 heterocycles. The van der Waals surface area contributed by atoms with Crippen LogP contribution in [0.15, 0.2) is 41.4 Å². The minimum absolute atomic E-state index is 0.235. The highest BCUT2D eigenvalue weighted by Crippen LogP contribution is 2.20. The molecular formula is C14H17FN2OS. The minimum atomic E-state index is -0.370. The number of halogens is 1. The SMILES string of the molecule is Cn1nccc1CCC(O)CSc1ccc(F)cc1. The molecule has 2 aromatic rings. The summed E-state index contributed by atoms with van der Waals surface area (Å²) in [6, 6.07) is 8.29. The third kappa shape index (κ3) is 4.36. The Balaban J connectivity index is 1.74. The Labute approximate surface area is 116 Å². The lowest BCUT2D eigenvalue weighted by Crippen LogP contribution is -2.12. The zero-order chi connectivity index (χ0) is 13.7. The first-order chi connectivity index (χ1) is 9.15. The van der Waals surface area contributed by atoms with Crippen LogP contribution in [0.4, 0.5) is 4.39 Å². The van der Waals surface area contributed by atoms with Crippen molar-refractivity contribution in [1.82, 2.24) is 9.78 Å². The number of nitrogens with zero attached hydrogens (tertiary/aromatic N) is 2. The molecule has 0 aliphatic rings. The van der Waals surface area contributed by atoms with Crippen LogP contribution in [0.25, 0.3) is 0 Å². The van der Waals surface area contributed by atoms with Crippen LogP contribution in [0.3, 0.4) is 0 Å². The number of aliphatic hydroxyl groups excluding tert-OH is 1. The summed E-state index contributed by atoms with van der Waals surface area (Å²) in [6.45, 7) is 0. The van der Waals surface area contributed by atoms with Gasteiger partial charge in [0.15, 0.2) is 0 Å². The fourth-order valence-electron chi connectivity index (χ4n) is 1.77. The van der Waals surface area contributed by atoms with E-state index in [9.17, 15) is 9.50 Å². The molecule has 3 nitrogen and oxygen atoms in total. The summed E-state index contributed by atoms with van der Waals surface area (Å²) in [6.07, 6.45) is 2.90. The Hall–Kier alpha value is -1.33. The summed E-state index contributed by atoms with van der Waals surface area (Å²) in [7, 11) is 1.90. The Morgan fingerprint density at radius 3 is 2.68 bits per heavy atom. The Morgan fingerprint density at radius 1 is 1.32 bits per heavy atom. The molecular weight excluding hydrogens is 263 g/mol. The molecule has 1 atom stereocenters. The van der Waals surface area contributed by atoms with Crippen LogP contribution in [0.2, 0.25) is 0 Å². The normalized spacial score (nSPS) is 12.6. The van der Waals surface area contributed by atoms with E-state index in [0.29, 0.717) is 12.2 Å². The highest BCUT2D eigenvalue weighted by Gasteiger charge is 2.07. The first-order valence-corrected chi connectivity index (χ1v) is 7.17. The number of benzene rings is 1. The summed E-state index contributed by atoms with van der Waals surface area (Å²) in [5.41, 5.74) is 1.12. The largest absolute Gasteiger partial charge is 0.392 e. The molecule has 1 unspecified atom stereocenters. The molecule has 1 N–H and O–H groups in total. The predicted octanol–water partition coefficient (Wildman–Crippen LogP) is 2.65. The van der Waals surface area contributed by atoms with Crippen molar-refractivity contribution < 1.29 is 9.50 Å². The van der Waals surface area contributed by atoms with Crippen LogP contribution in [0.1, 0.15) is 12.1 Å². The van der Waals surface area contributed by atoms with Crippen LogP contribution in [0.5, 0.6) is 0 Å². The van der Waals surface area contributed by atoms with Gasteiger partial charge in [-0.1, -0.05) is 0 Å². The van der Waals surface area contributed by atoms with Crippen molar-refractivity contribution in [3.8, 4) is 0 Å². The van der Waals surface area contributed by atoms with Gasteiger partial charge in [0.1, 0.15) is 5.82 Å². The number of hydrogen-bond donors (Lipinski definition) is 1. The van der Waals surface area contributed by atoms with E-state index in [1.807, 2.05) is 17.8 Å². The van der Waals surface area contributed by atoms with Crippen LogP contribution in [0, 0.1) is 5.82 Å². The molecule has 19 heavy (non-hydrogen) atoms. The topological polar surface area (TPSA) is 38.0 Å². The van der Waals surface area contributed by atoms with E-state index in [1.165, 1.54) is 23.9 Å². The average Bonchev–Trinajstić information content (AvgIpc) is 2.81. The maximum atomic E-state index is 12.7. The third-order valence-corrected chi connectivity index (χ3v) is 4.07. The number of thioether (sulfide) groups is 1. The standard InChI is InChI=1S/C14H17FN2OS/c1-17-12(8-9-16-17)4-5-13(18)10-19-14-6-2-11(15)3-7-14/h2-3,6-9,13,18H,4-5,10H2,1H3. The summed E-state index contributed by atoms with van der Waals surface area (Å²) in [5.74, 6) is 0.379. The molecule has 0 saturated carbocycles. The fraction of sp³-hybridized carbons (Fsp3) is 0.357. The number of aliphatic hydroxyl groups is 1. The zero-order valence-corrected chi connectivity index (χ0v) is 11.6. The molecule has 1 aromatic heterocycles. The molecule has 0 saturated heterocycles. The Morgan fingerprint density at radius 2 is 2.05 bits per heavy atom. The smallest absolute Gasteiger partial charge is 0.123 e. The van der Waals surface area contributed by atoms with Gasteiger partial charge in [0.2, 0.25) is 0 Å². The van der Waals surface area contributed by atoms with Gasteiger partial charge in [-0.3, -0.25) is 4.68 Å². The van der Waals surface area contributed by atoms with Crippen molar-refractivity contribution in [3.05, 3.63) is 48.0 Å².